The molecule has 0 spiro atoms. The van der Waals surface area contributed by atoms with Crippen LogP contribution >= 0.6 is 12.4 Å². The molecule has 0 heterocycles. The number of nitrogens with two attached hydrogens (primary N) is 1. The predicted octanol–water partition coefficient (Wildman–Crippen LogP) is 2.01. The predicted molar refractivity (Wildman–Crippen MR) is 54.0 cm³/mol. The number of benzene rings is 1. The van der Waals surface area contributed by atoms with Gasteiger partial charge in [-0.15, -0.1) is 12.4 Å². The fraction of sp³-hybridized carbons (Fsp3) is 0.222. The summed E-state index contributed by atoms with van der Waals surface area (Å²) in [4.78, 5) is 11.1. The Morgan fingerprint density at radius 3 is 2.79 bits per heavy atom. The first-order valence-corrected chi connectivity index (χ1v) is 3.87. The van der Waals surface area contributed by atoms with Crippen molar-refractivity contribution in [3.8, 4) is 0 Å². The van der Waals surface area contributed by atoms with Gasteiger partial charge in [-0.2, -0.15) is 0 Å². The third-order valence-corrected chi connectivity index (χ3v) is 1.51. The molecule has 2 N–H and O–H groups in total. The normalized spacial score (nSPS) is 9.00. The highest BCUT2D eigenvalue weighted by Crippen LogP contribution is 2.14. The molecule has 14 heavy (non-hydrogen) atoms. The molecule has 0 aliphatic heterocycles. The van der Waals surface area contributed by atoms with Gasteiger partial charge in [-0.3, -0.25) is 0 Å². The van der Waals surface area contributed by atoms with Gasteiger partial charge >= 0.3 is 5.97 Å². The number of carbonyl (C=O) groups is 1. The van der Waals surface area contributed by atoms with Crippen molar-refractivity contribution < 1.29 is 13.9 Å². The Labute approximate surface area is 87.5 Å². The van der Waals surface area contributed by atoms with Gasteiger partial charge in [0, 0.05) is 5.69 Å². The fourth-order valence-corrected chi connectivity index (χ4v) is 0.914. The third-order valence-electron chi connectivity index (χ3n) is 1.51. The highest BCUT2D eigenvalue weighted by molar-refractivity contribution is 5.94. The van der Waals surface area contributed by atoms with Gasteiger partial charge in [0.1, 0.15) is 5.82 Å². The van der Waals surface area contributed by atoms with Gasteiger partial charge in [-0.25, -0.2) is 9.18 Å². The lowest BCUT2D eigenvalue weighted by atomic mass is 10.2. The molecule has 0 unspecified atom stereocenters. The summed E-state index contributed by atoms with van der Waals surface area (Å²) in [6, 6.07) is 3.59. The quantitative estimate of drug-likeness (QED) is 0.612. The summed E-state index contributed by atoms with van der Waals surface area (Å²) < 4.78 is 17.4. The van der Waals surface area contributed by atoms with Crippen LogP contribution < -0.4 is 5.73 Å². The van der Waals surface area contributed by atoms with Gasteiger partial charge in [-0.05, 0) is 25.1 Å². The van der Waals surface area contributed by atoms with Crippen LogP contribution in [0.5, 0.6) is 0 Å². The molecule has 5 heteroatoms. The van der Waals surface area contributed by atoms with Crippen LogP contribution in [0, 0.1) is 5.82 Å². The second-order valence-electron chi connectivity index (χ2n) is 2.45. The standard InChI is InChI=1S/C9H10FNO2.ClH/c1-2-13-9(12)7-5-6(10)3-4-8(7)11;/h3-5H,2,11H2,1H3;1H. The van der Waals surface area contributed by atoms with Crippen molar-refractivity contribution in [2.75, 3.05) is 12.3 Å². The smallest absolute Gasteiger partial charge is 0.340 e. The van der Waals surface area contributed by atoms with Crippen LogP contribution in [0.2, 0.25) is 0 Å². The lowest BCUT2D eigenvalue weighted by Crippen LogP contribution is -2.08. The average Bonchev–Trinajstić information content (AvgIpc) is 2.09. The lowest BCUT2D eigenvalue weighted by molar-refractivity contribution is 0.0527. The van der Waals surface area contributed by atoms with Crippen molar-refractivity contribution >= 4 is 24.1 Å². The molecule has 0 saturated carbocycles. The SMILES string of the molecule is CCOC(=O)c1cc(F)ccc1N.Cl. The van der Waals surface area contributed by atoms with E-state index in [9.17, 15) is 9.18 Å². The zero-order valence-electron chi connectivity index (χ0n) is 7.62. The number of ether oxygens (including phenoxy) is 1. The van der Waals surface area contributed by atoms with E-state index in [-0.39, 0.29) is 30.3 Å². The minimum Gasteiger partial charge on any atom is -0.462 e. The van der Waals surface area contributed by atoms with Crippen molar-refractivity contribution in [3.63, 3.8) is 0 Å². The van der Waals surface area contributed by atoms with E-state index in [2.05, 4.69) is 4.74 Å². The maximum absolute atomic E-state index is 12.7. The third kappa shape index (κ3) is 2.88. The molecule has 0 aromatic heterocycles. The van der Waals surface area contributed by atoms with Crippen LogP contribution in [-0.4, -0.2) is 12.6 Å². The van der Waals surface area contributed by atoms with Gasteiger partial charge in [0.2, 0.25) is 0 Å². The summed E-state index contributed by atoms with van der Waals surface area (Å²) in [6.07, 6.45) is 0. The summed E-state index contributed by atoms with van der Waals surface area (Å²) in [5.41, 5.74) is 5.75. The molecule has 3 nitrogen and oxygen atoms in total. The van der Waals surface area contributed by atoms with Crippen molar-refractivity contribution in [1.82, 2.24) is 0 Å². The van der Waals surface area contributed by atoms with Crippen molar-refractivity contribution in [3.05, 3.63) is 29.6 Å². The Kier molecular flexibility index (Phi) is 4.94. The minimum atomic E-state index is -0.598. The largest absolute Gasteiger partial charge is 0.462 e. The van der Waals surface area contributed by atoms with E-state index >= 15 is 0 Å². The molecule has 1 aromatic carbocycles. The number of nitrogen functional groups attached to an aromatic ring is 1. The number of hydrogen-bond donors (Lipinski definition) is 1. The van der Waals surface area contributed by atoms with Gasteiger partial charge < -0.3 is 10.5 Å². The summed E-state index contributed by atoms with van der Waals surface area (Å²) in [7, 11) is 0. The molecular weight excluding hydrogens is 209 g/mol. The molecule has 0 aliphatic rings. The van der Waals surface area contributed by atoms with Crippen molar-refractivity contribution in [2.45, 2.75) is 6.92 Å². The van der Waals surface area contributed by atoms with Crippen LogP contribution in [-0.2, 0) is 4.74 Å². The Balaban J connectivity index is 0.00000169. The summed E-state index contributed by atoms with van der Waals surface area (Å²) in [6.45, 7) is 1.92. The Hall–Kier alpha value is -1.29. The van der Waals surface area contributed by atoms with E-state index in [0.29, 0.717) is 0 Å². The van der Waals surface area contributed by atoms with E-state index in [1.165, 1.54) is 12.1 Å². The van der Waals surface area contributed by atoms with Crippen LogP contribution in [0.3, 0.4) is 0 Å². The molecule has 0 fully saturated rings. The minimum absolute atomic E-state index is 0. The number of carbonyl (C=O) groups excluding carboxylic acids is 1. The van der Waals surface area contributed by atoms with Crippen LogP contribution in [0.25, 0.3) is 0 Å². The first kappa shape index (κ1) is 12.7. The molecular formula is C9H11ClFNO2. The topological polar surface area (TPSA) is 52.3 Å². The van der Waals surface area contributed by atoms with Crippen LogP contribution in [0.1, 0.15) is 17.3 Å². The fourth-order valence-electron chi connectivity index (χ4n) is 0.914. The van der Waals surface area contributed by atoms with Gasteiger partial charge in [0.25, 0.3) is 0 Å². The van der Waals surface area contributed by atoms with Crippen LogP contribution in [0.15, 0.2) is 18.2 Å². The van der Waals surface area contributed by atoms with E-state index in [4.69, 9.17) is 5.73 Å². The first-order chi connectivity index (χ1) is 6.15. The summed E-state index contributed by atoms with van der Waals surface area (Å²) >= 11 is 0. The maximum atomic E-state index is 12.7. The van der Waals surface area contributed by atoms with Crippen molar-refractivity contribution in [2.24, 2.45) is 0 Å². The highest BCUT2D eigenvalue weighted by Gasteiger charge is 2.10. The summed E-state index contributed by atoms with van der Waals surface area (Å²) in [5, 5.41) is 0. The van der Waals surface area contributed by atoms with Crippen LogP contribution in [0.4, 0.5) is 10.1 Å². The molecule has 0 saturated heterocycles. The molecule has 1 rings (SSSR count). The molecule has 1 aromatic rings. The average molecular weight is 220 g/mol. The van der Waals surface area contributed by atoms with E-state index in [1.807, 2.05) is 0 Å². The molecule has 0 bridgehead atoms. The Bertz CT molecular complexity index is 331. The van der Waals surface area contributed by atoms with E-state index in [1.54, 1.807) is 6.92 Å². The second-order valence-corrected chi connectivity index (χ2v) is 2.45. The summed E-state index contributed by atoms with van der Waals surface area (Å²) in [5.74, 6) is -1.10. The van der Waals surface area contributed by atoms with E-state index < -0.39 is 11.8 Å². The highest BCUT2D eigenvalue weighted by atomic mass is 35.5. The van der Waals surface area contributed by atoms with E-state index in [0.717, 1.165) is 6.07 Å². The monoisotopic (exact) mass is 219 g/mol. The number of esters is 1. The number of hydrogen-bond acceptors (Lipinski definition) is 3. The maximum Gasteiger partial charge on any atom is 0.340 e. The number of rotatable bonds is 2. The van der Waals surface area contributed by atoms with Gasteiger partial charge in [0.15, 0.2) is 0 Å². The molecule has 0 atom stereocenters. The number of anilines is 1. The van der Waals surface area contributed by atoms with Crippen molar-refractivity contribution in [1.29, 1.82) is 0 Å². The second kappa shape index (κ2) is 5.44. The molecule has 0 radical (unpaired) electrons. The zero-order chi connectivity index (χ0) is 9.84. The van der Waals surface area contributed by atoms with Gasteiger partial charge in [0.05, 0.1) is 12.2 Å². The molecule has 0 amide bonds. The molecule has 0 aliphatic carbocycles. The zero-order valence-corrected chi connectivity index (χ0v) is 8.44. The lowest BCUT2D eigenvalue weighted by Gasteiger charge is -2.04. The first-order valence-electron chi connectivity index (χ1n) is 3.87. The molecule has 78 valence electrons. The Morgan fingerprint density at radius 2 is 2.21 bits per heavy atom. The van der Waals surface area contributed by atoms with Gasteiger partial charge in [-0.1, -0.05) is 0 Å². The Morgan fingerprint density at radius 1 is 1.57 bits per heavy atom. The number of halogens is 2.